The van der Waals surface area contributed by atoms with E-state index in [1.54, 1.807) is 11.0 Å². The van der Waals surface area contributed by atoms with Crippen molar-refractivity contribution >= 4 is 35.2 Å². The molecular formula is C23H25ClFN3O2. The Labute approximate surface area is 181 Å². The fourth-order valence-electron chi connectivity index (χ4n) is 3.40. The molecular weight excluding hydrogens is 405 g/mol. The van der Waals surface area contributed by atoms with Crippen LogP contribution in [0.2, 0.25) is 5.02 Å². The average Bonchev–Trinajstić information content (AvgIpc) is 2.74. The van der Waals surface area contributed by atoms with E-state index in [0.717, 1.165) is 17.7 Å². The zero-order valence-electron chi connectivity index (χ0n) is 16.9. The number of rotatable bonds is 6. The second-order valence-electron chi connectivity index (χ2n) is 7.13. The summed E-state index contributed by atoms with van der Waals surface area (Å²) in [5, 5.41) is 3.23. The Hall–Kier alpha value is -2.70. The van der Waals surface area contributed by atoms with Crippen LogP contribution in [0.4, 0.5) is 10.1 Å². The molecule has 7 heteroatoms. The quantitative estimate of drug-likeness (QED) is 0.710. The molecule has 1 aliphatic rings. The van der Waals surface area contributed by atoms with Crippen molar-refractivity contribution in [3.05, 3.63) is 70.5 Å². The lowest BCUT2D eigenvalue weighted by atomic mass is 10.1. The van der Waals surface area contributed by atoms with Crippen molar-refractivity contribution in [2.24, 2.45) is 0 Å². The molecule has 0 spiro atoms. The summed E-state index contributed by atoms with van der Waals surface area (Å²) in [5.41, 5.74) is 2.15. The van der Waals surface area contributed by atoms with E-state index in [-0.39, 0.29) is 28.9 Å². The number of hydrogen-bond donors (Lipinski definition) is 1. The Bertz CT molecular complexity index is 920. The van der Waals surface area contributed by atoms with Crippen molar-refractivity contribution < 1.29 is 14.0 Å². The number of halogens is 2. The van der Waals surface area contributed by atoms with Gasteiger partial charge in [0.05, 0.1) is 11.6 Å². The molecule has 5 nitrogen and oxygen atoms in total. The van der Waals surface area contributed by atoms with Crippen LogP contribution < -0.4 is 5.32 Å². The van der Waals surface area contributed by atoms with Crippen molar-refractivity contribution in [2.45, 2.75) is 13.3 Å². The Morgan fingerprint density at radius 2 is 1.83 bits per heavy atom. The first kappa shape index (κ1) is 22.0. The summed E-state index contributed by atoms with van der Waals surface area (Å²) in [5.74, 6) is -0.730. The summed E-state index contributed by atoms with van der Waals surface area (Å²) in [6.45, 7) is 4.54. The number of piperazine rings is 1. The molecule has 3 rings (SSSR count). The molecule has 1 fully saturated rings. The number of carbonyl (C=O) groups excluding carboxylic acids is 2. The highest BCUT2D eigenvalue weighted by molar-refractivity contribution is 6.32. The summed E-state index contributed by atoms with van der Waals surface area (Å²) >= 11 is 5.98. The zero-order chi connectivity index (χ0) is 21.5. The van der Waals surface area contributed by atoms with Crippen molar-refractivity contribution in [1.29, 1.82) is 0 Å². The summed E-state index contributed by atoms with van der Waals surface area (Å²) in [7, 11) is 0. The van der Waals surface area contributed by atoms with E-state index in [1.807, 2.05) is 29.2 Å². The molecule has 0 atom stereocenters. The van der Waals surface area contributed by atoms with Gasteiger partial charge in [0.2, 0.25) is 11.8 Å². The third-order valence-corrected chi connectivity index (χ3v) is 5.45. The van der Waals surface area contributed by atoms with Gasteiger partial charge in [-0.05, 0) is 36.3 Å². The number of nitrogens with zero attached hydrogens (tertiary/aromatic N) is 2. The smallest absolute Gasteiger partial charge is 0.246 e. The van der Waals surface area contributed by atoms with E-state index >= 15 is 0 Å². The van der Waals surface area contributed by atoms with Gasteiger partial charge in [0.15, 0.2) is 0 Å². The maximum absolute atomic E-state index is 13.8. The molecule has 1 heterocycles. The first-order chi connectivity index (χ1) is 14.5. The molecule has 0 aromatic heterocycles. The normalized spacial score (nSPS) is 14.8. The minimum atomic E-state index is -0.466. The first-order valence-electron chi connectivity index (χ1n) is 9.99. The Balaban J connectivity index is 1.49. The standard InChI is InChI=1S/C23H25ClFN3O2/c1-2-17-6-3-4-9-21(17)26-22(29)16-27-12-14-28(15-13-27)23(30)11-10-18-19(24)7-5-8-20(18)25/h3-11H,2,12-16H2,1H3,(H,26,29)/b11-10+. The van der Waals surface area contributed by atoms with Gasteiger partial charge in [-0.15, -0.1) is 0 Å². The lowest BCUT2D eigenvalue weighted by Gasteiger charge is -2.33. The summed E-state index contributed by atoms with van der Waals surface area (Å²) < 4.78 is 13.8. The molecule has 30 heavy (non-hydrogen) atoms. The van der Waals surface area contributed by atoms with Crippen molar-refractivity contribution in [2.75, 3.05) is 38.0 Å². The number of nitrogens with one attached hydrogen (secondary N) is 1. The summed E-state index contributed by atoms with van der Waals surface area (Å²) in [4.78, 5) is 28.5. The van der Waals surface area contributed by atoms with Crippen LogP contribution in [0.5, 0.6) is 0 Å². The minimum Gasteiger partial charge on any atom is -0.337 e. The van der Waals surface area contributed by atoms with Crippen molar-refractivity contribution in [3.8, 4) is 0 Å². The van der Waals surface area contributed by atoms with Crippen LogP contribution >= 0.6 is 11.6 Å². The van der Waals surface area contributed by atoms with Gasteiger partial charge in [-0.2, -0.15) is 0 Å². The van der Waals surface area contributed by atoms with Crippen molar-refractivity contribution in [3.63, 3.8) is 0 Å². The second-order valence-corrected chi connectivity index (χ2v) is 7.54. The Kier molecular flexibility index (Phi) is 7.60. The third-order valence-electron chi connectivity index (χ3n) is 5.12. The number of anilines is 1. The first-order valence-corrected chi connectivity index (χ1v) is 10.4. The molecule has 0 radical (unpaired) electrons. The number of amides is 2. The zero-order valence-corrected chi connectivity index (χ0v) is 17.7. The number of benzene rings is 2. The van der Waals surface area contributed by atoms with Crippen LogP contribution in [0.3, 0.4) is 0 Å². The molecule has 0 saturated carbocycles. The molecule has 158 valence electrons. The molecule has 1 N–H and O–H groups in total. The van der Waals surface area contributed by atoms with Crippen LogP contribution in [-0.4, -0.2) is 54.3 Å². The highest BCUT2D eigenvalue weighted by Gasteiger charge is 2.21. The summed E-state index contributed by atoms with van der Waals surface area (Å²) in [6, 6.07) is 12.2. The largest absolute Gasteiger partial charge is 0.337 e. The van der Waals surface area contributed by atoms with Gasteiger partial charge in [-0.3, -0.25) is 14.5 Å². The SMILES string of the molecule is CCc1ccccc1NC(=O)CN1CCN(C(=O)/C=C/c2c(F)cccc2Cl)CC1. The fourth-order valence-corrected chi connectivity index (χ4v) is 3.63. The van der Waals surface area contributed by atoms with E-state index in [1.165, 1.54) is 24.3 Å². The van der Waals surface area contributed by atoms with Gasteiger partial charge >= 0.3 is 0 Å². The molecule has 0 aliphatic carbocycles. The fraction of sp³-hybridized carbons (Fsp3) is 0.304. The van der Waals surface area contributed by atoms with E-state index in [2.05, 4.69) is 12.2 Å². The Morgan fingerprint density at radius 3 is 2.53 bits per heavy atom. The molecule has 0 bridgehead atoms. The van der Waals surface area contributed by atoms with Crippen LogP contribution in [0.1, 0.15) is 18.1 Å². The van der Waals surface area contributed by atoms with Gasteiger partial charge in [0.1, 0.15) is 5.82 Å². The van der Waals surface area contributed by atoms with Crippen LogP contribution in [-0.2, 0) is 16.0 Å². The van der Waals surface area contributed by atoms with Gasteiger partial charge in [-0.25, -0.2) is 4.39 Å². The topological polar surface area (TPSA) is 52.7 Å². The number of aryl methyl sites for hydroxylation is 1. The molecule has 2 amide bonds. The third kappa shape index (κ3) is 5.68. The highest BCUT2D eigenvalue weighted by atomic mass is 35.5. The lowest BCUT2D eigenvalue weighted by molar-refractivity contribution is -0.127. The predicted molar refractivity (Wildman–Crippen MR) is 118 cm³/mol. The van der Waals surface area contributed by atoms with Gasteiger partial charge in [0, 0.05) is 43.5 Å². The van der Waals surface area contributed by atoms with Gasteiger partial charge in [-0.1, -0.05) is 42.8 Å². The Morgan fingerprint density at radius 1 is 1.10 bits per heavy atom. The maximum atomic E-state index is 13.8. The van der Waals surface area contributed by atoms with E-state index in [0.29, 0.717) is 26.2 Å². The maximum Gasteiger partial charge on any atom is 0.246 e. The lowest BCUT2D eigenvalue weighted by Crippen LogP contribution is -2.50. The molecule has 1 aliphatic heterocycles. The van der Waals surface area contributed by atoms with Crippen LogP contribution in [0.25, 0.3) is 6.08 Å². The number of hydrogen-bond acceptors (Lipinski definition) is 3. The van der Waals surface area contributed by atoms with Crippen LogP contribution in [0, 0.1) is 5.82 Å². The number of para-hydroxylation sites is 1. The molecule has 2 aromatic rings. The van der Waals surface area contributed by atoms with Crippen LogP contribution in [0.15, 0.2) is 48.5 Å². The predicted octanol–water partition coefficient (Wildman–Crippen LogP) is 3.84. The average molecular weight is 430 g/mol. The van der Waals surface area contributed by atoms with Gasteiger partial charge < -0.3 is 10.2 Å². The van der Waals surface area contributed by atoms with E-state index < -0.39 is 5.82 Å². The highest BCUT2D eigenvalue weighted by Crippen LogP contribution is 2.20. The molecule has 2 aromatic carbocycles. The van der Waals surface area contributed by atoms with Gasteiger partial charge in [0.25, 0.3) is 0 Å². The van der Waals surface area contributed by atoms with E-state index in [9.17, 15) is 14.0 Å². The monoisotopic (exact) mass is 429 g/mol. The van der Waals surface area contributed by atoms with E-state index in [4.69, 9.17) is 11.6 Å². The summed E-state index contributed by atoms with van der Waals surface area (Å²) in [6.07, 6.45) is 3.60. The molecule has 1 saturated heterocycles. The molecule has 0 unspecified atom stereocenters. The second kappa shape index (κ2) is 10.4. The minimum absolute atomic E-state index is 0.0650. The van der Waals surface area contributed by atoms with Crippen molar-refractivity contribution in [1.82, 2.24) is 9.80 Å². The number of carbonyl (C=O) groups is 2.